The fourth-order valence-electron chi connectivity index (χ4n) is 6.07. The van der Waals surface area contributed by atoms with Gasteiger partial charge in [-0.1, -0.05) is 99.3 Å². The largest absolute Gasteiger partial charge is 0.507 e. The summed E-state index contributed by atoms with van der Waals surface area (Å²) in [6, 6.07) is 20.3. The number of phenolic OH excluding ortho intramolecular Hbond substituents is 2. The number of aliphatic carboxylic acids is 1. The molecule has 0 saturated heterocycles. The Labute approximate surface area is 233 Å². The third-order valence-electron chi connectivity index (χ3n) is 8.27. The Bertz CT molecular complexity index is 1220. The minimum Gasteiger partial charge on any atom is -0.507 e. The van der Waals surface area contributed by atoms with Gasteiger partial charge in [-0.05, 0) is 60.3 Å². The van der Waals surface area contributed by atoms with Crippen molar-refractivity contribution in [3.63, 3.8) is 0 Å². The smallest absolute Gasteiger partial charge is 0.307 e. The second-order valence-corrected chi connectivity index (χ2v) is 11.0. The Kier molecular flexibility index (Phi) is 9.86. The van der Waals surface area contributed by atoms with E-state index in [0.717, 1.165) is 77.5 Å². The Hall–Kier alpha value is -3.53. The summed E-state index contributed by atoms with van der Waals surface area (Å²) in [5.74, 6) is -0.235. The fraction of sp³-hybridized carbons (Fsp3) is 0.400. The van der Waals surface area contributed by atoms with Gasteiger partial charge >= 0.3 is 5.97 Å². The Morgan fingerprint density at radius 3 is 1.87 bits per heavy atom. The molecule has 3 N–H and O–H groups in total. The Morgan fingerprint density at radius 2 is 1.38 bits per heavy atom. The van der Waals surface area contributed by atoms with Crippen molar-refractivity contribution < 1.29 is 20.1 Å². The first kappa shape index (κ1) is 28.5. The van der Waals surface area contributed by atoms with Gasteiger partial charge in [0.1, 0.15) is 11.5 Å². The summed E-state index contributed by atoms with van der Waals surface area (Å²) in [6.45, 7) is 4.33. The van der Waals surface area contributed by atoms with E-state index in [-0.39, 0.29) is 17.9 Å². The van der Waals surface area contributed by atoms with Crippen LogP contribution in [0.2, 0.25) is 0 Å². The third kappa shape index (κ3) is 6.92. The molecule has 0 aromatic heterocycles. The molecule has 0 heterocycles. The minimum atomic E-state index is -0.873. The molecule has 0 radical (unpaired) electrons. The number of carboxylic acids is 1. The van der Waals surface area contributed by atoms with Crippen LogP contribution in [0.5, 0.6) is 11.5 Å². The van der Waals surface area contributed by atoms with E-state index in [2.05, 4.69) is 38.1 Å². The number of unbranched alkanes of at least 4 members (excludes halogenated alkanes) is 2. The van der Waals surface area contributed by atoms with E-state index in [4.69, 9.17) is 0 Å². The zero-order chi connectivity index (χ0) is 27.8. The highest BCUT2D eigenvalue weighted by Crippen LogP contribution is 2.49. The molecule has 0 fully saturated rings. The molecular weight excluding hydrogens is 484 g/mol. The maximum Gasteiger partial charge on any atom is 0.307 e. The van der Waals surface area contributed by atoms with Gasteiger partial charge in [-0.25, -0.2) is 0 Å². The first-order chi connectivity index (χ1) is 18.9. The quantitative estimate of drug-likeness (QED) is 0.207. The highest BCUT2D eigenvalue weighted by atomic mass is 16.4. The molecule has 3 aromatic carbocycles. The van der Waals surface area contributed by atoms with Crippen molar-refractivity contribution >= 4 is 11.5 Å². The molecular formula is C35H42O4. The molecule has 0 spiro atoms. The number of carboxylic acid groups (broad SMARTS) is 1. The highest BCUT2D eigenvalue weighted by Gasteiger charge is 2.30. The molecule has 0 bridgehead atoms. The standard InChI is InChI=1S/C35H42O4/c1-3-5-8-17-28-30(21-25-13-9-6-10-14-25)34(38)33(35(39)31(28)22-26-15-11-7-12-16-26)29-20-24(4-2)18-19-27(29)23-32(36)37/h6-7,9-16,24,38-39H,3-5,8,17-23H2,1-2H3,(H,36,37). The van der Waals surface area contributed by atoms with Gasteiger partial charge in [-0.3, -0.25) is 4.79 Å². The molecule has 39 heavy (non-hydrogen) atoms. The van der Waals surface area contributed by atoms with E-state index >= 15 is 0 Å². The van der Waals surface area contributed by atoms with Gasteiger partial charge in [0.15, 0.2) is 0 Å². The van der Waals surface area contributed by atoms with E-state index < -0.39 is 5.97 Å². The highest BCUT2D eigenvalue weighted by molar-refractivity contribution is 5.84. The van der Waals surface area contributed by atoms with Gasteiger partial charge in [-0.15, -0.1) is 0 Å². The first-order valence-corrected chi connectivity index (χ1v) is 14.5. The molecule has 1 aliphatic carbocycles. The SMILES string of the molecule is CCCCCc1c(Cc2ccccc2)c(O)c(C2=C(CC(=O)O)CCC(CC)C2)c(O)c1Cc1ccccc1. The lowest BCUT2D eigenvalue weighted by Gasteiger charge is -2.30. The summed E-state index contributed by atoms with van der Waals surface area (Å²) < 4.78 is 0. The lowest BCUT2D eigenvalue weighted by atomic mass is 9.76. The number of aromatic hydroxyl groups is 2. The second kappa shape index (κ2) is 13.5. The molecule has 0 saturated carbocycles. The predicted molar refractivity (Wildman–Crippen MR) is 158 cm³/mol. The number of hydrogen-bond acceptors (Lipinski definition) is 3. The van der Waals surface area contributed by atoms with Gasteiger partial charge in [0.05, 0.1) is 12.0 Å². The average molecular weight is 527 g/mol. The molecule has 1 aliphatic rings. The third-order valence-corrected chi connectivity index (χ3v) is 8.27. The minimum absolute atomic E-state index is 0.0645. The monoisotopic (exact) mass is 526 g/mol. The van der Waals surface area contributed by atoms with E-state index in [0.29, 0.717) is 37.2 Å². The Balaban J connectivity index is 1.98. The van der Waals surface area contributed by atoms with Crippen LogP contribution < -0.4 is 0 Å². The molecule has 1 unspecified atom stereocenters. The van der Waals surface area contributed by atoms with Crippen LogP contribution in [0.3, 0.4) is 0 Å². The summed E-state index contributed by atoms with van der Waals surface area (Å²) >= 11 is 0. The van der Waals surface area contributed by atoms with Gasteiger partial charge in [-0.2, -0.15) is 0 Å². The Morgan fingerprint density at radius 1 is 0.821 bits per heavy atom. The van der Waals surface area contributed by atoms with E-state index in [9.17, 15) is 20.1 Å². The fourth-order valence-corrected chi connectivity index (χ4v) is 6.07. The van der Waals surface area contributed by atoms with Crippen molar-refractivity contribution in [2.75, 3.05) is 0 Å². The topological polar surface area (TPSA) is 77.8 Å². The van der Waals surface area contributed by atoms with Crippen molar-refractivity contribution in [2.24, 2.45) is 5.92 Å². The van der Waals surface area contributed by atoms with Gasteiger partial charge in [0.25, 0.3) is 0 Å². The van der Waals surface area contributed by atoms with E-state index in [1.165, 1.54) is 0 Å². The maximum atomic E-state index is 12.0. The van der Waals surface area contributed by atoms with Crippen LogP contribution in [0.1, 0.15) is 98.6 Å². The lowest BCUT2D eigenvalue weighted by molar-refractivity contribution is -0.136. The summed E-state index contributed by atoms with van der Waals surface area (Å²) in [5.41, 5.74) is 7.05. The zero-order valence-electron chi connectivity index (χ0n) is 23.4. The zero-order valence-corrected chi connectivity index (χ0v) is 23.4. The van der Waals surface area contributed by atoms with E-state index in [1.54, 1.807) is 0 Å². The van der Waals surface area contributed by atoms with Crippen LogP contribution >= 0.6 is 0 Å². The molecule has 0 amide bonds. The number of allylic oxidation sites excluding steroid dienone is 1. The number of rotatable bonds is 12. The first-order valence-electron chi connectivity index (χ1n) is 14.5. The summed E-state index contributed by atoms with van der Waals surface area (Å²) in [4.78, 5) is 11.8. The summed E-state index contributed by atoms with van der Waals surface area (Å²) in [7, 11) is 0. The maximum absolute atomic E-state index is 12.0. The lowest BCUT2D eigenvalue weighted by Crippen LogP contribution is -2.14. The number of phenols is 2. The number of benzene rings is 3. The van der Waals surface area contributed by atoms with Crippen LogP contribution in [-0.2, 0) is 24.1 Å². The number of carbonyl (C=O) groups is 1. The van der Waals surface area contributed by atoms with Gasteiger partial charge < -0.3 is 15.3 Å². The molecule has 3 aromatic rings. The van der Waals surface area contributed by atoms with Crippen molar-refractivity contribution in [1.29, 1.82) is 0 Å². The van der Waals surface area contributed by atoms with Crippen molar-refractivity contribution in [1.82, 2.24) is 0 Å². The van der Waals surface area contributed by atoms with Crippen molar-refractivity contribution in [3.8, 4) is 11.5 Å². The molecule has 4 rings (SSSR count). The molecule has 0 aliphatic heterocycles. The molecule has 4 heteroatoms. The van der Waals surface area contributed by atoms with Crippen molar-refractivity contribution in [2.45, 2.75) is 84.5 Å². The average Bonchev–Trinajstić information content (AvgIpc) is 2.94. The van der Waals surface area contributed by atoms with Crippen LogP contribution in [0.25, 0.3) is 5.57 Å². The van der Waals surface area contributed by atoms with E-state index in [1.807, 2.05) is 36.4 Å². The van der Waals surface area contributed by atoms with Gasteiger partial charge in [0.2, 0.25) is 0 Å². The summed E-state index contributed by atoms with van der Waals surface area (Å²) in [6.07, 6.45) is 8.23. The molecule has 206 valence electrons. The van der Waals surface area contributed by atoms with Crippen molar-refractivity contribution in [3.05, 3.63) is 99.6 Å². The van der Waals surface area contributed by atoms with Crippen LogP contribution in [-0.4, -0.2) is 21.3 Å². The number of hydrogen-bond donors (Lipinski definition) is 3. The van der Waals surface area contributed by atoms with Gasteiger partial charge in [0, 0.05) is 24.0 Å². The second-order valence-electron chi connectivity index (χ2n) is 11.0. The predicted octanol–water partition coefficient (Wildman–Crippen LogP) is 8.45. The normalized spacial score (nSPS) is 15.5. The van der Waals surface area contributed by atoms with Crippen LogP contribution in [0.4, 0.5) is 0 Å². The molecule has 1 atom stereocenters. The molecule has 4 nitrogen and oxygen atoms in total. The van der Waals surface area contributed by atoms with Crippen LogP contribution in [0.15, 0.2) is 66.2 Å². The van der Waals surface area contributed by atoms with Crippen LogP contribution in [0, 0.1) is 5.92 Å². The summed E-state index contributed by atoms with van der Waals surface area (Å²) in [5, 5.41) is 33.7.